The van der Waals surface area contributed by atoms with Crippen molar-refractivity contribution in [3.05, 3.63) is 109 Å². The summed E-state index contributed by atoms with van der Waals surface area (Å²) in [6, 6.07) is 38.8. The predicted octanol–water partition coefficient (Wildman–Crippen LogP) is 10.0. The lowest BCUT2D eigenvalue weighted by Gasteiger charge is -2.12. The van der Waals surface area contributed by atoms with E-state index in [1.807, 2.05) is 12.1 Å². The largest absolute Gasteiger partial charge is 0.456 e. The molecule has 5 heterocycles. The molecule has 0 aliphatic carbocycles. The summed E-state index contributed by atoms with van der Waals surface area (Å²) >= 11 is 0. The highest BCUT2D eigenvalue weighted by molar-refractivity contribution is 6.35. The van der Waals surface area contributed by atoms with Crippen LogP contribution in [-0.4, -0.2) is 8.80 Å². The summed E-state index contributed by atoms with van der Waals surface area (Å²) in [5, 5.41) is 9.55. The number of rotatable bonds is 0. The Morgan fingerprint density at radius 1 is 0.350 bits per heavy atom. The Morgan fingerprint density at radius 3 is 1.23 bits per heavy atom. The zero-order chi connectivity index (χ0) is 25.7. The third-order valence-electron chi connectivity index (χ3n) is 9.00. The van der Waals surface area contributed by atoms with Gasteiger partial charge >= 0.3 is 0 Å². The number of hydrogen-bond acceptors (Lipinski definition) is 2. The molecule has 6 aromatic carbocycles. The van der Waals surface area contributed by atoms with Crippen molar-refractivity contribution in [2.75, 3.05) is 0 Å². The van der Waals surface area contributed by atoms with E-state index in [-0.39, 0.29) is 0 Å². The number of hydrogen-bond donors (Lipinski definition) is 0. The molecule has 0 atom stereocenters. The van der Waals surface area contributed by atoms with Gasteiger partial charge in [-0.1, -0.05) is 72.8 Å². The minimum absolute atomic E-state index is 0.913. The van der Waals surface area contributed by atoms with Crippen LogP contribution < -0.4 is 0 Å². The summed E-state index contributed by atoms with van der Waals surface area (Å²) in [5.41, 5.74) is 10.7. The van der Waals surface area contributed by atoms with E-state index in [0.717, 1.165) is 44.1 Å². The summed E-state index contributed by atoms with van der Waals surface area (Å²) in [7, 11) is 0. The van der Waals surface area contributed by atoms with Gasteiger partial charge in [0.05, 0.1) is 33.1 Å². The van der Waals surface area contributed by atoms with Crippen LogP contribution in [0.3, 0.4) is 0 Å². The fourth-order valence-corrected chi connectivity index (χ4v) is 7.55. The van der Waals surface area contributed by atoms with E-state index < -0.39 is 0 Å². The van der Waals surface area contributed by atoms with Crippen molar-refractivity contribution in [2.45, 2.75) is 0 Å². The lowest BCUT2D eigenvalue weighted by atomic mass is 10.0. The topological polar surface area (TPSA) is 35.1 Å². The van der Waals surface area contributed by atoms with Crippen LogP contribution in [0.5, 0.6) is 0 Å². The van der Waals surface area contributed by atoms with Crippen molar-refractivity contribution in [3.8, 4) is 0 Å². The Balaban J connectivity index is 1.58. The molecular weight excluding hydrogens is 492 g/mol. The molecule has 0 bridgehead atoms. The maximum atomic E-state index is 6.54. The van der Waals surface area contributed by atoms with Crippen LogP contribution in [-0.2, 0) is 0 Å². The highest BCUT2D eigenvalue weighted by atomic mass is 16.3. The van der Waals surface area contributed by atoms with Crippen molar-refractivity contribution in [2.24, 2.45) is 0 Å². The van der Waals surface area contributed by atoms with Crippen LogP contribution in [0.2, 0.25) is 0 Å². The Bertz CT molecular complexity index is 2670. The minimum atomic E-state index is 0.913. The van der Waals surface area contributed by atoms with Crippen LogP contribution in [0.25, 0.3) is 98.5 Å². The minimum Gasteiger partial charge on any atom is -0.456 e. The van der Waals surface area contributed by atoms with Crippen LogP contribution in [0.1, 0.15) is 0 Å². The first kappa shape index (κ1) is 19.6. The Kier molecular flexibility index (Phi) is 3.12. The molecule has 11 aromatic rings. The van der Waals surface area contributed by atoms with Gasteiger partial charge in [0, 0.05) is 55.2 Å². The van der Waals surface area contributed by atoms with E-state index >= 15 is 0 Å². The monoisotopic (exact) mass is 510 g/mol. The second-order valence-corrected chi connectivity index (χ2v) is 10.9. The quantitative estimate of drug-likeness (QED) is 0.190. The fourth-order valence-electron chi connectivity index (χ4n) is 7.55. The molecule has 0 saturated carbocycles. The van der Waals surface area contributed by atoms with Crippen molar-refractivity contribution in [1.82, 2.24) is 8.80 Å². The summed E-state index contributed by atoms with van der Waals surface area (Å²) in [5.74, 6) is 0. The first-order valence-electron chi connectivity index (χ1n) is 13.6. The highest BCUT2D eigenvalue weighted by Gasteiger charge is 2.26. The van der Waals surface area contributed by atoms with Crippen LogP contribution in [0.4, 0.5) is 0 Å². The van der Waals surface area contributed by atoms with Gasteiger partial charge in [-0.05, 0) is 24.3 Å². The van der Waals surface area contributed by atoms with E-state index in [1.165, 1.54) is 54.4 Å². The molecule has 0 spiro atoms. The molecule has 0 N–H and O–H groups in total. The second kappa shape index (κ2) is 6.38. The molecule has 4 heteroatoms. The van der Waals surface area contributed by atoms with Gasteiger partial charge in [-0.2, -0.15) is 0 Å². The molecule has 0 unspecified atom stereocenters. The maximum absolute atomic E-state index is 6.54. The van der Waals surface area contributed by atoms with Crippen LogP contribution in [0, 0.1) is 0 Å². The molecule has 0 amide bonds. The maximum Gasteiger partial charge on any atom is 0.138 e. The lowest BCUT2D eigenvalue weighted by molar-refractivity contribution is 0.669. The van der Waals surface area contributed by atoms with Gasteiger partial charge < -0.3 is 17.6 Å². The van der Waals surface area contributed by atoms with Gasteiger partial charge in [0.1, 0.15) is 22.3 Å². The van der Waals surface area contributed by atoms with E-state index in [1.54, 1.807) is 0 Å². The molecule has 5 aromatic heterocycles. The average Bonchev–Trinajstić information content (AvgIpc) is 3.73. The molecule has 0 aliphatic heterocycles. The van der Waals surface area contributed by atoms with Gasteiger partial charge in [0.25, 0.3) is 0 Å². The third-order valence-corrected chi connectivity index (χ3v) is 9.00. The van der Waals surface area contributed by atoms with Crippen LogP contribution >= 0.6 is 0 Å². The number of benzene rings is 6. The van der Waals surface area contributed by atoms with Crippen molar-refractivity contribution >= 4 is 98.5 Å². The van der Waals surface area contributed by atoms with Crippen molar-refractivity contribution < 1.29 is 8.83 Å². The molecule has 0 fully saturated rings. The number of aromatic nitrogens is 2. The summed E-state index contributed by atoms with van der Waals surface area (Å²) in [4.78, 5) is 0. The Morgan fingerprint density at radius 2 is 0.750 bits per heavy atom. The molecule has 11 rings (SSSR count). The van der Waals surface area contributed by atoms with Crippen molar-refractivity contribution in [3.63, 3.8) is 0 Å². The standard InChI is InChI=1S/C36H18N2O2/c1-5-13-23-19(9-1)33-31-21-11-3-7-15-27(21)39-29(31)17-25-35(33)37(23)26-18-30-32(22-12-4-8-16-28(22)40-30)34-20-10-2-6-14-24(20)38(25)36(26)34/h1-18H. The summed E-state index contributed by atoms with van der Waals surface area (Å²) in [6.07, 6.45) is 0. The van der Waals surface area contributed by atoms with E-state index in [9.17, 15) is 0 Å². The highest BCUT2D eigenvalue weighted by Crippen LogP contribution is 2.48. The number of fused-ring (bicyclic) bond motifs is 16. The zero-order valence-corrected chi connectivity index (χ0v) is 21.1. The SMILES string of the molecule is c1ccc2c(c1)oc1cc3c4c(c5ccccc5n4c4cc5oc6ccccc6c5c5c6ccccc6n3c54)c12. The smallest absolute Gasteiger partial charge is 0.138 e. The number of furan rings is 2. The molecule has 0 aliphatic rings. The summed E-state index contributed by atoms with van der Waals surface area (Å²) in [6.45, 7) is 0. The lowest BCUT2D eigenvalue weighted by Crippen LogP contribution is -1.97. The van der Waals surface area contributed by atoms with Gasteiger partial charge in [0.15, 0.2) is 0 Å². The van der Waals surface area contributed by atoms with Gasteiger partial charge in [-0.3, -0.25) is 0 Å². The molecule has 0 saturated heterocycles. The van der Waals surface area contributed by atoms with E-state index in [4.69, 9.17) is 8.83 Å². The van der Waals surface area contributed by atoms with Gasteiger partial charge in [0.2, 0.25) is 0 Å². The first-order chi connectivity index (χ1) is 19.9. The van der Waals surface area contributed by atoms with Crippen molar-refractivity contribution in [1.29, 1.82) is 0 Å². The average molecular weight is 511 g/mol. The normalized spacial score (nSPS) is 13.0. The second-order valence-electron chi connectivity index (χ2n) is 10.9. The van der Waals surface area contributed by atoms with E-state index in [2.05, 4.69) is 106 Å². The molecule has 0 radical (unpaired) electrons. The van der Waals surface area contributed by atoms with Crippen LogP contribution in [0.15, 0.2) is 118 Å². The molecule has 184 valence electrons. The fraction of sp³-hybridized carbons (Fsp3) is 0. The summed E-state index contributed by atoms with van der Waals surface area (Å²) < 4.78 is 18.0. The predicted molar refractivity (Wildman–Crippen MR) is 164 cm³/mol. The van der Waals surface area contributed by atoms with Gasteiger partial charge in [-0.15, -0.1) is 0 Å². The molecular formula is C36H18N2O2. The van der Waals surface area contributed by atoms with Gasteiger partial charge in [-0.25, -0.2) is 0 Å². The zero-order valence-electron chi connectivity index (χ0n) is 21.1. The molecule has 4 nitrogen and oxygen atoms in total. The first-order valence-corrected chi connectivity index (χ1v) is 13.6. The molecule has 40 heavy (non-hydrogen) atoms. The third kappa shape index (κ3) is 2.02. The Hall–Kier alpha value is -5.48. The van der Waals surface area contributed by atoms with E-state index in [0.29, 0.717) is 0 Å². The Labute approximate surface area is 225 Å². The number of nitrogens with zero attached hydrogens (tertiary/aromatic N) is 2. The number of para-hydroxylation sites is 4.